The smallest absolute Gasteiger partial charge is 0.291 e. The van der Waals surface area contributed by atoms with Crippen LogP contribution in [0, 0.1) is 0 Å². The second-order valence-corrected chi connectivity index (χ2v) is 5.94. The van der Waals surface area contributed by atoms with E-state index >= 15 is 0 Å². The number of benzene rings is 2. The van der Waals surface area contributed by atoms with E-state index in [0.29, 0.717) is 0 Å². The van der Waals surface area contributed by atoms with E-state index in [-0.39, 0.29) is 33.8 Å². The number of carboxylic acids is 1. The highest BCUT2D eigenvalue weighted by molar-refractivity contribution is 6.35. The van der Waals surface area contributed by atoms with Crippen molar-refractivity contribution in [3.05, 3.63) is 83.3 Å². The summed E-state index contributed by atoms with van der Waals surface area (Å²) in [7, 11) is 0. The van der Waals surface area contributed by atoms with Gasteiger partial charge in [0, 0.05) is 0 Å². The van der Waals surface area contributed by atoms with Gasteiger partial charge in [0.15, 0.2) is 5.76 Å². The predicted octanol–water partition coefficient (Wildman–Crippen LogP) is 1.70. The third-order valence-electron chi connectivity index (χ3n) is 4.26. The Morgan fingerprint density at radius 3 is 2.39 bits per heavy atom. The molecule has 0 saturated heterocycles. The highest BCUT2D eigenvalue weighted by Crippen LogP contribution is 2.34. The first-order valence-electron chi connectivity index (χ1n) is 8.15. The lowest BCUT2D eigenvalue weighted by molar-refractivity contribution is -0.255. The van der Waals surface area contributed by atoms with Crippen LogP contribution in [-0.4, -0.2) is 23.7 Å². The minimum absolute atomic E-state index is 0.0427. The zero-order valence-corrected chi connectivity index (χ0v) is 14.2. The molecule has 4 rings (SSSR count). The Kier molecular flexibility index (Phi) is 4.00. The van der Waals surface area contributed by atoms with E-state index in [1.165, 1.54) is 36.6 Å². The summed E-state index contributed by atoms with van der Waals surface area (Å²) in [5, 5.41) is 13.7. The first-order chi connectivity index (χ1) is 13.5. The van der Waals surface area contributed by atoms with Gasteiger partial charge >= 0.3 is 0 Å². The Hall–Kier alpha value is -4.20. The lowest BCUT2D eigenvalue weighted by Crippen LogP contribution is -2.30. The van der Waals surface area contributed by atoms with Crippen LogP contribution in [0.2, 0.25) is 0 Å². The molecule has 0 aliphatic carbocycles. The van der Waals surface area contributed by atoms with Gasteiger partial charge < -0.3 is 19.6 Å². The number of nitrogens with one attached hydrogen (secondary N) is 1. The van der Waals surface area contributed by atoms with E-state index in [9.17, 15) is 24.3 Å². The molecule has 1 N–H and O–H groups in total. The standard InChI is InChI=1S/C20H12N2O6/c23-17(16-6-3-9-28-16)21-14-4-1-2-5-15(14)22-18(24)12-8-7-11(20(26)27)10-13(12)19(22)25/h1-10H,(H,21,23)(H,26,27)/p-1. The molecule has 3 aromatic rings. The summed E-state index contributed by atoms with van der Waals surface area (Å²) in [6.45, 7) is 0. The lowest BCUT2D eigenvalue weighted by atomic mass is 10.1. The minimum Gasteiger partial charge on any atom is -0.545 e. The Morgan fingerprint density at radius 2 is 1.68 bits per heavy atom. The van der Waals surface area contributed by atoms with Crippen molar-refractivity contribution >= 4 is 35.1 Å². The quantitative estimate of drug-likeness (QED) is 0.693. The summed E-state index contributed by atoms with van der Waals surface area (Å²) in [6.07, 6.45) is 1.35. The van der Waals surface area contributed by atoms with Crippen LogP contribution in [0.15, 0.2) is 65.3 Å². The third-order valence-corrected chi connectivity index (χ3v) is 4.26. The third kappa shape index (κ3) is 2.73. The summed E-state index contributed by atoms with van der Waals surface area (Å²) in [5.41, 5.74) is 0.198. The average Bonchev–Trinajstić information content (AvgIpc) is 3.30. The number of amides is 3. The second-order valence-electron chi connectivity index (χ2n) is 5.94. The molecular formula is C20H11N2O6-. The van der Waals surface area contributed by atoms with Gasteiger partial charge in [-0.25, -0.2) is 4.90 Å². The monoisotopic (exact) mass is 375 g/mol. The van der Waals surface area contributed by atoms with Gasteiger partial charge in [0.25, 0.3) is 17.7 Å². The number of furan rings is 1. The van der Waals surface area contributed by atoms with Crippen molar-refractivity contribution in [1.29, 1.82) is 0 Å². The largest absolute Gasteiger partial charge is 0.545 e. The number of nitrogens with zero attached hydrogens (tertiary/aromatic N) is 1. The van der Waals surface area contributed by atoms with E-state index in [1.807, 2.05) is 0 Å². The van der Waals surface area contributed by atoms with Crippen LogP contribution in [0.25, 0.3) is 0 Å². The van der Waals surface area contributed by atoms with Crippen molar-refractivity contribution in [3.63, 3.8) is 0 Å². The lowest BCUT2D eigenvalue weighted by Gasteiger charge is -2.18. The fourth-order valence-electron chi connectivity index (χ4n) is 2.95. The van der Waals surface area contributed by atoms with Gasteiger partial charge in [-0.1, -0.05) is 18.2 Å². The second kappa shape index (κ2) is 6.51. The Morgan fingerprint density at radius 1 is 0.929 bits per heavy atom. The molecule has 1 aliphatic rings. The number of anilines is 2. The molecule has 8 nitrogen and oxygen atoms in total. The molecule has 138 valence electrons. The van der Waals surface area contributed by atoms with Crippen LogP contribution in [-0.2, 0) is 0 Å². The van der Waals surface area contributed by atoms with Crippen molar-refractivity contribution in [2.24, 2.45) is 0 Å². The van der Waals surface area contributed by atoms with Crippen molar-refractivity contribution in [2.75, 3.05) is 10.2 Å². The molecule has 0 saturated carbocycles. The zero-order valence-electron chi connectivity index (χ0n) is 14.2. The van der Waals surface area contributed by atoms with Crippen LogP contribution in [0.1, 0.15) is 41.6 Å². The maximum absolute atomic E-state index is 12.8. The number of rotatable bonds is 4. The summed E-state index contributed by atoms with van der Waals surface area (Å²) in [4.78, 5) is 49.8. The highest BCUT2D eigenvalue weighted by Gasteiger charge is 2.38. The molecule has 0 fully saturated rings. The van der Waals surface area contributed by atoms with Gasteiger partial charge in [0.05, 0.1) is 34.7 Å². The van der Waals surface area contributed by atoms with Crippen molar-refractivity contribution < 1.29 is 28.7 Å². The molecule has 0 spiro atoms. The molecule has 2 heterocycles. The van der Waals surface area contributed by atoms with Gasteiger partial charge in [-0.05, 0) is 42.0 Å². The summed E-state index contributed by atoms with van der Waals surface area (Å²) < 4.78 is 5.04. The van der Waals surface area contributed by atoms with E-state index in [1.54, 1.807) is 18.2 Å². The van der Waals surface area contributed by atoms with E-state index in [0.717, 1.165) is 11.0 Å². The average molecular weight is 375 g/mol. The Balaban J connectivity index is 1.72. The van der Waals surface area contributed by atoms with Crippen LogP contribution in [0.4, 0.5) is 11.4 Å². The Bertz CT molecular complexity index is 1130. The fraction of sp³-hybridized carbons (Fsp3) is 0. The molecule has 0 radical (unpaired) electrons. The molecule has 0 bridgehead atoms. The topological polar surface area (TPSA) is 120 Å². The number of carbonyl (C=O) groups is 4. The van der Waals surface area contributed by atoms with Crippen molar-refractivity contribution in [1.82, 2.24) is 0 Å². The minimum atomic E-state index is -1.45. The first-order valence-corrected chi connectivity index (χ1v) is 8.15. The molecule has 0 unspecified atom stereocenters. The number of hydrogen-bond donors (Lipinski definition) is 1. The number of para-hydroxylation sites is 2. The first kappa shape index (κ1) is 17.2. The molecule has 3 amide bonds. The maximum atomic E-state index is 12.8. The van der Waals surface area contributed by atoms with E-state index in [4.69, 9.17) is 4.42 Å². The fourth-order valence-corrected chi connectivity index (χ4v) is 2.95. The number of hydrogen-bond acceptors (Lipinski definition) is 6. The summed E-state index contributed by atoms with van der Waals surface area (Å²) >= 11 is 0. The van der Waals surface area contributed by atoms with E-state index in [2.05, 4.69) is 5.32 Å². The number of fused-ring (bicyclic) bond motifs is 1. The molecule has 2 aromatic carbocycles. The highest BCUT2D eigenvalue weighted by atomic mass is 16.4. The Labute approximate surface area is 158 Å². The predicted molar refractivity (Wildman–Crippen MR) is 95.0 cm³/mol. The summed E-state index contributed by atoms with van der Waals surface area (Å²) in [6, 6.07) is 12.9. The zero-order chi connectivity index (χ0) is 19.8. The number of carboxylic acid groups (broad SMARTS) is 1. The number of carbonyl (C=O) groups excluding carboxylic acids is 4. The molecular weight excluding hydrogens is 364 g/mol. The van der Waals surface area contributed by atoms with Crippen LogP contribution in [0.5, 0.6) is 0 Å². The number of aromatic carboxylic acids is 1. The maximum Gasteiger partial charge on any atom is 0.291 e. The SMILES string of the molecule is O=C([O-])c1ccc2c(c1)C(=O)N(c1ccccc1NC(=O)c1ccco1)C2=O. The van der Waals surface area contributed by atoms with Crippen LogP contribution >= 0.6 is 0 Å². The van der Waals surface area contributed by atoms with Gasteiger partial charge in [-0.15, -0.1) is 0 Å². The molecule has 8 heteroatoms. The van der Waals surface area contributed by atoms with Crippen molar-refractivity contribution in [2.45, 2.75) is 0 Å². The molecule has 1 aromatic heterocycles. The molecule has 0 atom stereocenters. The van der Waals surface area contributed by atoms with Gasteiger partial charge in [0.1, 0.15) is 0 Å². The normalized spacial score (nSPS) is 12.8. The molecule has 28 heavy (non-hydrogen) atoms. The van der Waals surface area contributed by atoms with Crippen molar-refractivity contribution in [3.8, 4) is 0 Å². The summed E-state index contributed by atoms with van der Waals surface area (Å²) in [5.74, 6) is -3.25. The van der Waals surface area contributed by atoms with Gasteiger partial charge in [0.2, 0.25) is 0 Å². The van der Waals surface area contributed by atoms with Crippen LogP contribution < -0.4 is 15.3 Å². The molecule has 1 aliphatic heterocycles. The van der Waals surface area contributed by atoms with Crippen LogP contribution in [0.3, 0.4) is 0 Å². The number of imide groups is 1. The van der Waals surface area contributed by atoms with E-state index < -0.39 is 23.7 Å². The van der Waals surface area contributed by atoms with Gasteiger partial charge in [-0.3, -0.25) is 14.4 Å². The van der Waals surface area contributed by atoms with Gasteiger partial charge in [-0.2, -0.15) is 0 Å².